The van der Waals surface area contributed by atoms with Gasteiger partial charge in [0, 0.05) is 120 Å². The van der Waals surface area contributed by atoms with Crippen LogP contribution in [0, 0.1) is 0 Å². The molecule has 0 bridgehead atoms. The lowest BCUT2D eigenvalue weighted by Crippen LogP contribution is -2.30. The van der Waals surface area contributed by atoms with Crippen LogP contribution in [0.25, 0.3) is 242 Å². The summed E-state index contributed by atoms with van der Waals surface area (Å²) >= 11 is 0. The van der Waals surface area contributed by atoms with Gasteiger partial charge in [0.15, 0.2) is 11.2 Å². The molecule has 9 heteroatoms. The Balaban J connectivity index is 0.000000100. The smallest absolute Gasteiger partial charge is 0.159 e. The van der Waals surface area contributed by atoms with Crippen molar-refractivity contribution in [2.75, 3.05) is 4.90 Å². The SMILES string of the molecule is CC1(C)c2ccccc2N(c2ccc(-c3ccc4oc5ccccc5c4c3)cc2)c2c1ccc1c2oc2ccccc21.c1ccc(-n2c3ccccc3c3cc4c(cc32)c2ccccc2n4-c2ccc(-c3cccc4c3oc3ccc5ccccc5c34)cc2)cc1.c1ccc(-n2c3ccccc3c3cc4c(cc32)c2ccccc2n4-c2cccc3c2oc2ccc4ccccc4c23)cc1. The number of hydrogen-bond acceptors (Lipinski definition) is 5. The quantitative estimate of drug-likeness (QED) is 0.159. The van der Waals surface area contributed by atoms with E-state index in [0.717, 1.165) is 117 Å². The zero-order valence-corrected chi connectivity index (χ0v) is 73.0. The fraction of sp³-hybridized carbons (Fsp3) is 0.0240. The van der Waals surface area contributed by atoms with Gasteiger partial charge in [0.2, 0.25) is 0 Å². The van der Waals surface area contributed by atoms with Crippen molar-refractivity contribution in [1.82, 2.24) is 18.3 Å². The summed E-state index contributed by atoms with van der Waals surface area (Å²) < 4.78 is 35.6. The number of fused-ring (bicyclic) bond motifs is 31. The third kappa shape index (κ3) is 11.2. The Morgan fingerprint density at radius 2 is 0.582 bits per heavy atom. The third-order valence-electron chi connectivity index (χ3n) is 28.5. The molecule has 21 aromatic carbocycles. The number of aromatic nitrogens is 4. The maximum atomic E-state index is 6.71. The first kappa shape index (κ1) is 75.3. The number of furan rings is 4. The van der Waals surface area contributed by atoms with Gasteiger partial charge >= 0.3 is 0 Å². The molecule has 0 atom stereocenters. The van der Waals surface area contributed by atoms with E-state index in [1.54, 1.807) is 0 Å². The Morgan fingerprint density at radius 3 is 1.15 bits per heavy atom. The van der Waals surface area contributed by atoms with E-state index in [0.29, 0.717) is 0 Å². The molecule has 0 spiro atoms. The van der Waals surface area contributed by atoms with Crippen LogP contribution in [0.5, 0.6) is 0 Å². The summed E-state index contributed by atoms with van der Waals surface area (Å²) in [4.78, 5) is 2.39. The number of hydrogen-bond donors (Lipinski definition) is 0. The fourth-order valence-electron chi connectivity index (χ4n) is 22.4. The first-order valence-electron chi connectivity index (χ1n) is 45.9. The van der Waals surface area contributed by atoms with Crippen molar-refractivity contribution in [3.8, 4) is 45.0 Å². The van der Waals surface area contributed by atoms with Gasteiger partial charge in [-0.1, -0.05) is 311 Å². The molecule has 0 amide bonds. The molecule has 8 aromatic heterocycles. The number of para-hydroxylation sites is 11. The van der Waals surface area contributed by atoms with Gasteiger partial charge in [-0.05, 0) is 195 Å². The average Bonchev–Trinajstić information content (AvgIpc) is 1.45. The zero-order chi connectivity index (χ0) is 88.1. The molecule has 30 rings (SSSR count). The van der Waals surface area contributed by atoms with Crippen LogP contribution in [-0.4, -0.2) is 18.3 Å². The molecule has 9 nitrogen and oxygen atoms in total. The van der Waals surface area contributed by atoms with Crippen LogP contribution in [-0.2, 0) is 5.41 Å². The van der Waals surface area contributed by atoms with Crippen molar-refractivity contribution >= 4 is 214 Å². The van der Waals surface area contributed by atoms with Gasteiger partial charge in [0.1, 0.15) is 33.5 Å². The number of nitrogens with zero attached hydrogens (tertiary/aromatic N) is 5. The van der Waals surface area contributed by atoms with Gasteiger partial charge in [-0.3, -0.25) is 0 Å². The number of rotatable bonds is 7. The molecule has 0 unspecified atom stereocenters. The molecule has 29 aromatic rings. The molecule has 1 aliphatic rings. The highest BCUT2D eigenvalue weighted by atomic mass is 16.3. The monoisotopic (exact) mass is 1710 g/mol. The van der Waals surface area contributed by atoms with Crippen molar-refractivity contribution in [3.05, 3.63) is 454 Å². The van der Waals surface area contributed by atoms with Crippen molar-refractivity contribution in [1.29, 1.82) is 0 Å². The zero-order valence-electron chi connectivity index (χ0n) is 73.0. The van der Waals surface area contributed by atoms with Crippen LogP contribution in [0.1, 0.15) is 25.0 Å². The Labute approximate surface area is 767 Å². The van der Waals surface area contributed by atoms with E-state index in [1.807, 2.05) is 18.2 Å². The van der Waals surface area contributed by atoms with E-state index in [-0.39, 0.29) is 5.41 Å². The molecule has 0 radical (unpaired) electrons. The molecule has 134 heavy (non-hydrogen) atoms. The molecular weight excluding hydrogens is 1640 g/mol. The number of benzene rings is 21. The summed E-state index contributed by atoms with van der Waals surface area (Å²) in [5.74, 6) is 0. The fourth-order valence-corrected chi connectivity index (χ4v) is 22.4. The van der Waals surface area contributed by atoms with Crippen LogP contribution >= 0.6 is 0 Å². The van der Waals surface area contributed by atoms with Gasteiger partial charge in [-0.25, -0.2) is 0 Å². The van der Waals surface area contributed by atoms with Crippen LogP contribution < -0.4 is 4.90 Å². The Morgan fingerprint density at radius 1 is 0.194 bits per heavy atom. The lowest BCUT2D eigenvalue weighted by Gasteiger charge is -2.41. The van der Waals surface area contributed by atoms with Crippen LogP contribution in [0.2, 0.25) is 0 Å². The molecule has 0 fully saturated rings. The van der Waals surface area contributed by atoms with Crippen molar-refractivity contribution in [2.24, 2.45) is 0 Å². The van der Waals surface area contributed by atoms with Crippen molar-refractivity contribution in [3.63, 3.8) is 0 Å². The normalized spacial score (nSPS) is 12.7. The van der Waals surface area contributed by atoms with Crippen LogP contribution in [0.3, 0.4) is 0 Å². The highest BCUT2D eigenvalue weighted by molar-refractivity contribution is 6.25. The van der Waals surface area contributed by atoms with Crippen LogP contribution in [0.15, 0.2) is 461 Å². The van der Waals surface area contributed by atoms with Gasteiger partial charge in [0.05, 0.1) is 61.2 Å². The van der Waals surface area contributed by atoms with Gasteiger partial charge in [-0.15, -0.1) is 0 Å². The topological polar surface area (TPSA) is 75.5 Å². The largest absolute Gasteiger partial charge is 0.456 e. The van der Waals surface area contributed by atoms with Gasteiger partial charge < -0.3 is 40.8 Å². The van der Waals surface area contributed by atoms with Crippen molar-refractivity contribution in [2.45, 2.75) is 19.3 Å². The Kier molecular flexibility index (Phi) is 16.4. The minimum absolute atomic E-state index is 0.182. The maximum absolute atomic E-state index is 6.71. The predicted octanol–water partition coefficient (Wildman–Crippen LogP) is 34.8. The summed E-state index contributed by atoms with van der Waals surface area (Å²) in [5.41, 5.74) is 31.8. The van der Waals surface area contributed by atoms with Crippen LogP contribution in [0.4, 0.5) is 17.1 Å². The summed E-state index contributed by atoms with van der Waals surface area (Å²) in [6.07, 6.45) is 0. The van der Waals surface area contributed by atoms with E-state index < -0.39 is 0 Å². The highest BCUT2D eigenvalue weighted by Gasteiger charge is 2.39. The predicted molar refractivity (Wildman–Crippen MR) is 558 cm³/mol. The lowest BCUT2D eigenvalue weighted by atomic mass is 9.73. The molecule has 1 aliphatic heterocycles. The Hall–Kier alpha value is -17.7. The first-order chi connectivity index (χ1) is 66.2. The van der Waals surface area contributed by atoms with Gasteiger partial charge in [0.25, 0.3) is 0 Å². The van der Waals surface area contributed by atoms with E-state index in [2.05, 4.69) is 462 Å². The average molecular weight is 1720 g/mol. The minimum Gasteiger partial charge on any atom is -0.456 e. The van der Waals surface area contributed by atoms with E-state index >= 15 is 0 Å². The molecule has 9 heterocycles. The van der Waals surface area contributed by atoms with Gasteiger partial charge in [-0.2, -0.15) is 0 Å². The number of anilines is 3. The third-order valence-corrected chi connectivity index (χ3v) is 28.5. The second-order valence-corrected chi connectivity index (χ2v) is 36.0. The van der Waals surface area contributed by atoms with Crippen molar-refractivity contribution < 1.29 is 17.7 Å². The second-order valence-electron chi connectivity index (χ2n) is 36.0. The molecule has 0 N–H and O–H groups in total. The molecule has 0 aliphatic carbocycles. The van der Waals surface area contributed by atoms with E-state index in [4.69, 9.17) is 17.7 Å². The van der Waals surface area contributed by atoms with E-state index in [1.165, 1.54) is 153 Å². The standard InChI is InChI=1S/C46H28N2O.C40H24N2O.C39H27NO2/c1-2-12-31(13-3-1)47-40-19-8-6-15-35(40)38-28-43-39(27-42(38)47)36-16-7-9-20-41(36)48(43)32-24-21-30(22-25-32)34-17-10-18-37-45-33-14-5-4-11-29(33)23-26-44(45)49-46(34)37;1-2-12-26(13-3-1)41-33-18-8-6-15-28(33)31-24-37-32(23-36(31)41)29-16-7-9-19-34(29)42(37)35-20-10-17-30-39-27-14-5-4-11-25(27)21-22-38(39)43-40(30)35;1-39(2)31-11-5-6-12-33(31)40(37-32(39)21-20-29-27-9-3-8-14-35(27)42-38(29)37)26-18-15-24(16-19-26)25-17-22-36-30(23-25)28-10-4-7-13-34(28)41-36/h1-28H;1-24H;3-23H,1-2H3. The van der Waals surface area contributed by atoms with E-state index in [9.17, 15) is 0 Å². The summed E-state index contributed by atoms with van der Waals surface area (Å²) in [7, 11) is 0. The maximum Gasteiger partial charge on any atom is 0.159 e. The summed E-state index contributed by atoms with van der Waals surface area (Å²) in [6.45, 7) is 4.63. The molecule has 628 valence electrons. The molecular formula is C125H79N5O4. The highest BCUT2D eigenvalue weighted by Crippen LogP contribution is 2.56. The first-order valence-corrected chi connectivity index (χ1v) is 45.9. The summed E-state index contributed by atoms with van der Waals surface area (Å²) in [5, 5.41) is 24.0. The minimum atomic E-state index is -0.182. The Bertz CT molecular complexity index is 9940. The molecule has 0 saturated heterocycles. The summed E-state index contributed by atoms with van der Waals surface area (Å²) in [6, 6.07) is 159. The lowest BCUT2D eigenvalue weighted by molar-refractivity contribution is 0.624. The molecule has 0 saturated carbocycles. The second kappa shape index (κ2) is 29.2.